The number of nitrogens with two attached hydrogens (primary N) is 2. The second-order valence-corrected chi connectivity index (χ2v) is 6.82. The van der Waals surface area contributed by atoms with Crippen LogP contribution in [0.5, 0.6) is 0 Å². The standard InChI is InChI=1S/C22H22N4/c1-15-13-19(23)17-7-3-5-9-21(17)25(15)11-12-26-16(2)14-20(24)18-8-4-6-10-22(18)26/h3-10,13-14,23-24H,11-12H2,1-2H3/p+2. The fourth-order valence-corrected chi connectivity index (χ4v) is 3.84. The Morgan fingerprint density at radius 2 is 1.04 bits per heavy atom. The Morgan fingerprint density at radius 1 is 0.654 bits per heavy atom. The van der Waals surface area contributed by atoms with E-state index in [9.17, 15) is 0 Å². The van der Waals surface area contributed by atoms with Crippen LogP contribution in [0, 0.1) is 13.8 Å². The summed E-state index contributed by atoms with van der Waals surface area (Å²) in [5, 5.41) is 2.20. The van der Waals surface area contributed by atoms with Gasteiger partial charge in [0.25, 0.3) is 0 Å². The SMILES string of the molecule is Cc1cc(N)c2ccccc2[n+]1CC[n+]1c(C)cc(N)c2ccccc21. The van der Waals surface area contributed by atoms with Crippen molar-refractivity contribution in [1.29, 1.82) is 0 Å². The Labute approximate surface area is 153 Å². The minimum atomic E-state index is 0.830. The number of hydrogen-bond acceptors (Lipinski definition) is 2. The number of rotatable bonds is 3. The summed E-state index contributed by atoms with van der Waals surface area (Å²) in [5.74, 6) is 0. The first kappa shape index (κ1) is 16.3. The maximum atomic E-state index is 6.22. The number of nitrogens with zero attached hydrogens (tertiary/aromatic N) is 2. The lowest BCUT2D eigenvalue weighted by Crippen LogP contribution is -2.48. The summed E-state index contributed by atoms with van der Waals surface area (Å²) in [4.78, 5) is 0. The summed E-state index contributed by atoms with van der Waals surface area (Å²) < 4.78 is 4.67. The summed E-state index contributed by atoms with van der Waals surface area (Å²) in [7, 11) is 0. The van der Waals surface area contributed by atoms with Crippen molar-refractivity contribution in [3.05, 3.63) is 72.1 Å². The molecule has 0 radical (unpaired) electrons. The van der Waals surface area contributed by atoms with Gasteiger partial charge in [-0.2, -0.15) is 9.13 Å². The van der Waals surface area contributed by atoms with E-state index >= 15 is 0 Å². The van der Waals surface area contributed by atoms with Gasteiger partial charge in [-0.1, -0.05) is 24.3 Å². The first-order valence-electron chi connectivity index (χ1n) is 8.91. The third-order valence-corrected chi connectivity index (χ3v) is 5.14. The van der Waals surface area contributed by atoms with Gasteiger partial charge in [-0.05, 0) is 12.1 Å². The Kier molecular flexibility index (Phi) is 3.96. The third-order valence-electron chi connectivity index (χ3n) is 5.14. The third kappa shape index (κ3) is 2.64. The second-order valence-electron chi connectivity index (χ2n) is 6.82. The molecule has 0 aliphatic rings. The van der Waals surface area contributed by atoms with Crippen molar-refractivity contribution in [3.63, 3.8) is 0 Å². The van der Waals surface area contributed by atoms with E-state index in [0.717, 1.165) is 35.2 Å². The molecule has 0 aliphatic heterocycles. The number of pyridine rings is 2. The normalized spacial score (nSPS) is 11.3. The van der Waals surface area contributed by atoms with Crippen LogP contribution in [0.15, 0.2) is 60.7 Å². The average molecular weight is 344 g/mol. The van der Waals surface area contributed by atoms with Crippen molar-refractivity contribution in [1.82, 2.24) is 0 Å². The van der Waals surface area contributed by atoms with Gasteiger partial charge in [-0.25, -0.2) is 0 Å². The molecule has 130 valence electrons. The largest absolute Gasteiger partial charge is 0.398 e. The van der Waals surface area contributed by atoms with Crippen molar-refractivity contribution in [2.75, 3.05) is 11.5 Å². The second kappa shape index (κ2) is 6.30. The molecule has 0 amide bonds. The molecule has 0 aliphatic carbocycles. The maximum absolute atomic E-state index is 6.22. The van der Waals surface area contributed by atoms with Crippen molar-refractivity contribution >= 4 is 33.2 Å². The zero-order valence-electron chi connectivity index (χ0n) is 15.2. The molecule has 0 saturated heterocycles. The number of para-hydroxylation sites is 2. The van der Waals surface area contributed by atoms with E-state index in [4.69, 9.17) is 11.5 Å². The summed E-state index contributed by atoms with van der Waals surface area (Å²) in [6.45, 7) is 5.96. The molecule has 0 unspecified atom stereocenters. The molecule has 0 saturated carbocycles. The number of aromatic nitrogens is 2. The predicted octanol–water partition coefficient (Wildman–Crippen LogP) is 3.05. The number of nitrogen functional groups attached to an aromatic ring is 2. The molecule has 2 aromatic carbocycles. The molecule has 0 bridgehead atoms. The van der Waals surface area contributed by atoms with Gasteiger partial charge in [-0.15, -0.1) is 0 Å². The van der Waals surface area contributed by atoms with Gasteiger partial charge in [-0.3, -0.25) is 0 Å². The first-order chi connectivity index (χ1) is 12.6. The van der Waals surface area contributed by atoms with Crippen LogP contribution in [0.1, 0.15) is 11.4 Å². The number of benzene rings is 2. The molecule has 4 heteroatoms. The van der Waals surface area contributed by atoms with Gasteiger partial charge in [0, 0.05) is 38.1 Å². The van der Waals surface area contributed by atoms with Crippen molar-refractivity contribution in [2.45, 2.75) is 26.9 Å². The topological polar surface area (TPSA) is 59.8 Å². The highest BCUT2D eigenvalue weighted by Crippen LogP contribution is 2.20. The first-order valence-corrected chi connectivity index (χ1v) is 8.91. The zero-order chi connectivity index (χ0) is 18.3. The Bertz CT molecular complexity index is 1040. The summed E-state index contributed by atoms with van der Waals surface area (Å²) >= 11 is 0. The van der Waals surface area contributed by atoms with Gasteiger partial charge in [0.15, 0.2) is 11.4 Å². The Hall–Kier alpha value is -3.14. The van der Waals surface area contributed by atoms with E-state index in [1.165, 1.54) is 22.4 Å². The minimum Gasteiger partial charge on any atom is -0.398 e. The number of anilines is 2. The molecule has 4 rings (SSSR count). The molecule has 0 spiro atoms. The smallest absolute Gasteiger partial charge is 0.215 e. The summed E-state index contributed by atoms with van der Waals surface area (Å²) in [6, 6.07) is 20.7. The number of aryl methyl sites for hydroxylation is 4. The highest BCUT2D eigenvalue weighted by Gasteiger charge is 2.20. The number of fused-ring (bicyclic) bond motifs is 2. The summed E-state index contributed by atoms with van der Waals surface area (Å²) in [6.07, 6.45) is 0. The quantitative estimate of drug-likeness (QED) is 0.561. The minimum absolute atomic E-state index is 0.830. The molecule has 4 N–H and O–H groups in total. The molecule has 2 heterocycles. The fourth-order valence-electron chi connectivity index (χ4n) is 3.84. The van der Waals surface area contributed by atoms with E-state index in [1.54, 1.807) is 0 Å². The molecular weight excluding hydrogens is 320 g/mol. The molecule has 4 aromatic rings. The van der Waals surface area contributed by atoms with Gasteiger partial charge >= 0.3 is 0 Å². The van der Waals surface area contributed by atoms with Crippen LogP contribution in [-0.4, -0.2) is 0 Å². The van der Waals surface area contributed by atoms with Gasteiger partial charge < -0.3 is 11.5 Å². The lowest BCUT2D eigenvalue weighted by Gasteiger charge is -2.09. The van der Waals surface area contributed by atoms with Gasteiger partial charge in [0.1, 0.15) is 0 Å². The highest BCUT2D eigenvalue weighted by atomic mass is 15.1. The zero-order valence-corrected chi connectivity index (χ0v) is 15.2. The van der Waals surface area contributed by atoms with E-state index in [1.807, 2.05) is 12.1 Å². The summed E-state index contributed by atoms with van der Waals surface area (Å²) in [5.41, 5.74) is 18.8. The molecule has 0 fully saturated rings. The van der Waals surface area contributed by atoms with Crippen molar-refractivity contribution < 1.29 is 9.13 Å². The van der Waals surface area contributed by atoms with E-state index < -0.39 is 0 Å². The van der Waals surface area contributed by atoms with Crippen LogP contribution in [0.4, 0.5) is 11.4 Å². The van der Waals surface area contributed by atoms with Crippen LogP contribution < -0.4 is 20.6 Å². The lowest BCUT2D eigenvalue weighted by atomic mass is 10.1. The average Bonchev–Trinajstić information content (AvgIpc) is 2.64. The molecule has 2 aromatic heterocycles. The van der Waals surface area contributed by atoms with Crippen LogP contribution in [-0.2, 0) is 13.1 Å². The Morgan fingerprint density at radius 3 is 1.46 bits per heavy atom. The van der Waals surface area contributed by atoms with Crippen LogP contribution in [0.2, 0.25) is 0 Å². The van der Waals surface area contributed by atoms with E-state index in [2.05, 4.69) is 71.5 Å². The van der Waals surface area contributed by atoms with Gasteiger partial charge in [0.05, 0.1) is 22.1 Å². The lowest BCUT2D eigenvalue weighted by molar-refractivity contribution is -0.760. The molecule has 0 atom stereocenters. The molecular formula is C22H24N4+2. The Balaban J connectivity index is 1.80. The van der Waals surface area contributed by atoms with E-state index in [-0.39, 0.29) is 0 Å². The monoisotopic (exact) mass is 344 g/mol. The highest BCUT2D eigenvalue weighted by molar-refractivity contribution is 5.88. The number of hydrogen-bond donors (Lipinski definition) is 2. The molecule has 4 nitrogen and oxygen atoms in total. The van der Waals surface area contributed by atoms with E-state index in [0.29, 0.717) is 0 Å². The van der Waals surface area contributed by atoms with Crippen LogP contribution >= 0.6 is 0 Å². The van der Waals surface area contributed by atoms with Crippen molar-refractivity contribution in [3.8, 4) is 0 Å². The maximum Gasteiger partial charge on any atom is 0.215 e. The predicted molar refractivity (Wildman–Crippen MR) is 107 cm³/mol. The van der Waals surface area contributed by atoms with Gasteiger partial charge in [0.2, 0.25) is 24.1 Å². The van der Waals surface area contributed by atoms with Crippen LogP contribution in [0.25, 0.3) is 21.8 Å². The van der Waals surface area contributed by atoms with Crippen LogP contribution in [0.3, 0.4) is 0 Å². The fraction of sp³-hybridized carbons (Fsp3) is 0.182. The van der Waals surface area contributed by atoms with Crippen molar-refractivity contribution in [2.24, 2.45) is 0 Å². The molecule has 26 heavy (non-hydrogen) atoms.